The van der Waals surface area contributed by atoms with Crippen molar-refractivity contribution in [2.75, 3.05) is 32.2 Å². The van der Waals surface area contributed by atoms with Crippen LogP contribution in [0.4, 0.5) is 11.4 Å². The molecule has 0 radical (unpaired) electrons. The number of rotatable bonds is 11. The van der Waals surface area contributed by atoms with E-state index in [1.165, 1.54) is 17.8 Å². The van der Waals surface area contributed by atoms with Crippen LogP contribution in [0.2, 0.25) is 0 Å². The molecule has 4 rings (SSSR count). The van der Waals surface area contributed by atoms with Crippen molar-refractivity contribution in [1.82, 2.24) is 9.61 Å². The van der Waals surface area contributed by atoms with Crippen molar-refractivity contribution in [2.24, 2.45) is 5.92 Å². The summed E-state index contributed by atoms with van der Waals surface area (Å²) < 4.78 is 18.1. The average Bonchev–Trinajstić information content (AvgIpc) is 3.31. The molecule has 202 valence electrons. The number of para-hydroxylation sites is 2. The lowest BCUT2D eigenvalue weighted by molar-refractivity contribution is 0.00280. The second-order valence-electron chi connectivity index (χ2n) is 8.70. The molecule has 0 bridgehead atoms. The summed E-state index contributed by atoms with van der Waals surface area (Å²) in [5, 5.41) is 45.6. The number of nitriles is 1. The number of carbonyl (C=O) groups is 1. The topological polar surface area (TPSA) is 159 Å². The van der Waals surface area contributed by atoms with Crippen LogP contribution in [0.3, 0.4) is 0 Å². The van der Waals surface area contributed by atoms with Crippen molar-refractivity contribution in [3.63, 3.8) is 0 Å². The number of methoxy groups -OCH3 is 1. The first-order valence-electron chi connectivity index (χ1n) is 12.1. The van der Waals surface area contributed by atoms with Crippen LogP contribution in [0.1, 0.15) is 21.5 Å². The Morgan fingerprint density at radius 3 is 2.49 bits per heavy atom. The van der Waals surface area contributed by atoms with Gasteiger partial charge in [0, 0.05) is 17.8 Å². The van der Waals surface area contributed by atoms with Gasteiger partial charge >= 0.3 is 5.97 Å². The van der Waals surface area contributed by atoms with Gasteiger partial charge in [-0.1, -0.05) is 12.1 Å². The quantitative estimate of drug-likeness (QED) is 0.211. The van der Waals surface area contributed by atoms with Gasteiger partial charge in [0.2, 0.25) is 0 Å². The summed E-state index contributed by atoms with van der Waals surface area (Å²) in [6, 6.07) is 16.1. The minimum absolute atomic E-state index is 0.0140. The second kappa shape index (κ2) is 12.3. The van der Waals surface area contributed by atoms with Crippen molar-refractivity contribution in [2.45, 2.75) is 13.0 Å². The van der Waals surface area contributed by atoms with Crippen LogP contribution >= 0.6 is 0 Å². The van der Waals surface area contributed by atoms with Gasteiger partial charge in [-0.15, -0.1) is 0 Å². The molecule has 2 atom stereocenters. The molecule has 0 saturated carbocycles. The normalized spacial score (nSPS) is 12.4. The Labute approximate surface area is 224 Å². The first-order chi connectivity index (χ1) is 18.9. The van der Waals surface area contributed by atoms with Crippen molar-refractivity contribution in [3.8, 4) is 23.3 Å². The molecule has 39 heavy (non-hydrogen) atoms. The van der Waals surface area contributed by atoms with E-state index in [2.05, 4.69) is 16.5 Å². The highest BCUT2D eigenvalue weighted by Crippen LogP contribution is 2.34. The number of nitrogens with zero attached hydrogens (tertiary/aromatic N) is 3. The highest BCUT2D eigenvalue weighted by atomic mass is 16.5. The Morgan fingerprint density at radius 1 is 1.13 bits per heavy atom. The highest BCUT2D eigenvalue weighted by Gasteiger charge is 2.21. The highest BCUT2D eigenvalue weighted by molar-refractivity contribution is 5.97. The van der Waals surface area contributed by atoms with E-state index in [0.717, 1.165) is 0 Å². The Kier molecular flexibility index (Phi) is 8.63. The van der Waals surface area contributed by atoms with Crippen molar-refractivity contribution >= 4 is 22.9 Å². The number of nitrogens with one attached hydrogen (secondary N) is 1. The molecule has 2 aromatic heterocycles. The zero-order valence-corrected chi connectivity index (χ0v) is 21.4. The molecule has 0 fully saturated rings. The zero-order chi connectivity index (χ0) is 27.9. The molecular formula is C28H28N4O7. The third-order valence-corrected chi connectivity index (χ3v) is 6.20. The molecule has 2 unspecified atom stereocenters. The van der Waals surface area contributed by atoms with E-state index in [-0.39, 0.29) is 13.2 Å². The van der Waals surface area contributed by atoms with Gasteiger partial charge in [0.25, 0.3) is 0 Å². The second-order valence-corrected chi connectivity index (χ2v) is 8.70. The number of aryl methyl sites for hydroxylation is 1. The number of aromatic nitrogens is 2. The Bertz CT molecular complexity index is 1490. The SMILES string of the molecule is COC(=O)c1cn2ncc(C#N)c(Nc3ccc(Oc4ccccc4OCC(CO)C(O)CO)cc3)c2c1C. The first kappa shape index (κ1) is 27.4. The van der Waals surface area contributed by atoms with Crippen LogP contribution in [0.15, 0.2) is 60.9 Å². The molecule has 0 aliphatic rings. The fraction of sp³-hybridized carbons (Fsp3) is 0.250. The smallest absolute Gasteiger partial charge is 0.339 e. The average molecular weight is 533 g/mol. The molecule has 0 aliphatic carbocycles. The lowest BCUT2D eigenvalue weighted by Crippen LogP contribution is -2.32. The van der Waals surface area contributed by atoms with Crippen molar-refractivity contribution in [3.05, 3.63) is 77.6 Å². The molecule has 4 aromatic rings. The van der Waals surface area contributed by atoms with Crippen molar-refractivity contribution < 1.29 is 34.3 Å². The number of aliphatic hydroxyl groups excluding tert-OH is 3. The largest absolute Gasteiger partial charge is 0.489 e. The van der Waals surface area contributed by atoms with Gasteiger partial charge in [-0.25, -0.2) is 9.31 Å². The summed E-state index contributed by atoms with van der Waals surface area (Å²) in [4.78, 5) is 12.2. The van der Waals surface area contributed by atoms with E-state index in [0.29, 0.717) is 50.8 Å². The number of anilines is 2. The number of hydrogen-bond acceptors (Lipinski definition) is 10. The molecule has 11 nitrogen and oxygen atoms in total. The van der Waals surface area contributed by atoms with E-state index in [4.69, 9.17) is 19.3 Å². The summed E-state index contributed by atoms with van der Waals surface area (Å²) in [6.45, 7) is 0.924. The maximum absolute atomic E-state index is 12.2. The van der Waals surface area contributed by atoms with E-state index in [1.54, 1.807) is 61.7 Å². The van der Waals surface area contributed by atoms with Gasteiger partial charge < -0.3 is 34.8 Å². The maximum atomic E-state index is 12.2. The molecule has 0 aliphatic heterocycles. The number of hydrogen-bond donors (Lipinski definition) is 4. The summed E-state index contributed by atoms with van der Waals surface area (Å²) in [7, 11) is 1.30. The lowest BCUT2D eigenvalue weighted by Gasteiger charge is -2.20. The fourth-order valence-corrected chi connectivity index (χ4v) is 3.98. The number of benzene rings is 2. The molecule has 11 heteroatoms. The summed E-state index contributed by atoms with van der Waals surface area (Å²) >= 11 is 0. The number of aliphatic hydroxyl groups is 3. The molecular weight excluding hydrogens is 504 g/mol. The van der Waals surface area contributed by atoms with Crippen LogP contribution in [-0.2, 0) is 4.74 Å². The van der Waals surface area contributed by atoms with Crippen LogP contribution in [0.25, 0.3) is 5.52 Å². The fourth-order valence-electron chi connectivity index (χ4n) is 3.98. The maximum Gasteiger partial charge on any atom is 0.339 e. The Balaban J connectivity index is 1.54. The number of ether oxygens (including phenoxy) is 3. The van der Waals surface area contributed by atoms with Crippen LogP contribution in [0.5, 0.6) is 17.2 Å². The van der Waals surface area contributed by atoms with Gasteiger partial charge in [0.05, 0.1) is 61.6 Å². The van der Waals surface area contributed by atoms with E-state index >= 15 is 0 Å². The van der Waals surface area contributed by atoms with E-state index < -0.39 is 24.6 Å². The van der Waals surface area contributed by atoms with Crippen LogP contribution in [0, 0.1) is 24.2 Å². The number of fused-ring (bicyclic) bond motifs is 1. The van der Waals surface area contributed by atoms with Crippen LogP contribution < -0.4 is 14.8 Å². The third-order valence-electron chi connectivity index (χ3n) is 6.20. The zero-order valence-electron chi connectivity index (χ0n) is 21.4. The van der Waals surface area contributed by atoms with Gasteiger partial charge in [-0.3, -0.25) is 0 Å². The molecule has 0 amide bonds. The molecule has 0 saturated heterocycles. The standard InChI is InChI=1S/C28H28N4O7/c1-17-22(28(36)37-2)13-32-27(17)26(18(11-29)12-30-32)31-20-7-9-21(10-8-20)39-25-6-4-3-5-24(25)38-16-19(14-33)23(35)15-34/h3-10,12-13,19,23,31,33-35H,14-16H2,1-2H3. The predicted molar refractivity (Wildman–Crippen MR) is 141 cm³/mol. The number of esters is 1. The number of carbonyl (C=O) groups excluding carboxylic acids is 1. The Morgan fingerprint density at radius 2 is 1.85 bits per heavy atom. The van der Waals surface area contributed by atoms with Crippen LogP contribution in [-0.4, -0.2) is 63.9 Å². The summed E-state index contributed by atoms with van der Waals surface area (Å²) in [5.74, 6) is 0.197. The van der Waals surface area contributed by atoms with Gasteiger partial charge in [0.15, 0.2) is 11.5 Å². The van der Waals surface area contributed by atoms with Gasteiger partial charge in [0.1, 0.15) is 11.8 Å². The van der Waals surface area contributed by atoms with Gasteiger partial charge in [-0.2, -0.15) is 10.4 Å². The lowest BCUT2D eigenvalue weighted by atomic mass is 10.1. The van der Waals surface area contributed by atoms with Crippen molar-refractivity contribution in [1.29, 1.82) is 5.26 Å². The van der Waals surface area contributed by atoms with E-state index in [1.807, 2.05) is 0 Å². The Hall–Kier alpha value is -4.63. The minimum atomic E-state index is -1.10. The molecule has 2 heterocycles. The van der Waals surface area contributed by atoms with E-state index in [9.17, 15) is 20.3 Å². The summed E-state index contributed by atoms with van der Waals surface area (Å²) in [5.41, 5.74) is 3.02. The third kappa shape index (κ3) is 5.94. The van der Waals surface area contributed by atoms with Gasteiger partial charge in [-0.05, 0) is 48.9 Å². The predicted octanol–water partition coefficient (Wildman–Crippen LogP) is 3.18. The monoisotopic (exact) mass is 532 g/mol. The minimum Gasteiger partial charge on any atom is -0.489 e. The molecule has 4 N–H and O–H groups in total. The molecule has 2 aromatic carbocycles. The first-order valence-corrected chi connectivity index (χ1v) is 12.1. The summed E-state index contributed by atoms with van der Waals surface area (Å²) in [6.07, 6.45) is 1.88. The molecule has 0 spiro atoms.